The van der Waals surface area contributed by atoms with Crippen LogP contribution in [0, 0.1) is 0 Å². The number of amides is 2. The minimum absolute atomic E-state index is 0.00347. The van der Waals surface area contributed by atoms with Crippen molar-refractivity contribution in [3.8, 4) is 5.75 Å². The van der Waals surface area contributed by atoms with Gasteiger partial charge in [0.05, 0.1) is 28.3 Å². The van der Waals surface area contributed by atoms with E-state index in [1.165, 1.54) is 42.5 Å². The Morgan fingerprint density at radius 1 is 0.966 bits per heavy atom. The number of aromatic hydroxyl groups is 1. The van der Waals surface area contributed by atoms with E-state index in [4.69, 9.17) is 0 Å². The van der Waals surface area contributed by atoms with E-state index in [-0.39, 0.29) is 34.0 Å². The molecule has 0 bridgehead atoms. The molecule has 8 nitrogen and oxygen atoms in total. The summed E-state index contributed by atoms with van der Waals surface area (Å²) in [5, 5.41) is 9.35. The number of rotatable bonds is 5. The van der Waals surface area contributed by atoms with Crippen LogP contribution in [0.3, 0.4) is 0 Å². The maximum absolute atomic E-state index is 12.9. The lowest BCUT2D eigenvalue weighted by Gasteiger charge is -2.14. The molecule has 0 aliphatic carbocycles. The lowest BCUT2D eigenvalue weighted by Crippen LogP contribution is -2.29. The van der Waals surface area contributed by atoms with Crippen LogP contribution in [0.4, 0.5) is 5.69 Å². The normalized spacial score (nSPS) is 13.4. The molecular weight excluding hydrogens is 394 g/mol. The standard InChI is InChI=1S/C20H15N3O5S/c24-14-6-8-15(9-7-14)29(27,28)22-17-5-1-4-16-18(17)20(26)23(19(16)25)12-13-3-2-10-21-11-13/h1-11,22,24H,12H2. The average molecular weight is 409 g/mol. The van der Waals surface area contributed by atoms with Crippen LogP contribution in [0.5, 0.6) is 5.75 Å². The van der Waals surface area contributed by atoms with E-state index >= 15 is 0 Å². The molecule has 29 heavy (non-hydrogen) atoms. The molecule has 1 aliphatic rings. The molecule has 0 saturated heterocycles. The zero-order chi connectivity index (χ0) is 20.6. The second kappa shape index (κ2) is 7.02. The number of nitrogens with one attached hydrogen (secondary N) is 1. The van der Waals surface area contributed by atoms with Gasteiger partial charge >= 0.3 is 0 Å². The van der Waals surface area contributed by atoms with Crippen molar-refractivity contribution in [3.05, 3.63) is 83.7 Å². The van der Waals surface area contributed by atoms with Crippen LogP contribution in [0.15, 0.2) is 71.9 Å². The largest absolute Gasteiger partial charge is 0.508 e. The molecule has 0 saturated carbocycles. The minimum atomic E-state index is -4.02. The van der Waals surface area contributed by atoms with Gasteiger partial charge in [-0.2, -0.15) is 0 Å². The Labute approximate surface area is 166 Å². The van der Waals surface area contributed by atoms with Gasteiger partial charge in [-0.3, -0.25) is 24.2 Å². The predicted octanol–water partition coefficient (Wildman–Crippen LogP) is 2.38. The highest BCUT2D eigenvalue weighted by atomic mass is 32.2. The number of fused-ring (bicyclic) bond motifs is 1. The van der Waals surface area contributed by atoms with E-state index in [0.29, 0.717) is 5.56 Å². The van der Waals surface area contributed by atoms with Gasteiger partial charge in [0.15, 0.2) is 0 Å². The first kappa shape index (κ1) is 18.6. The van der Waals surface area contributed by atoms with Gasteiger partial charge in [-0.15, -0.1) is 0 Å². The van der Waals surface area contributed by atoms with Crippen molar-refractivity contribution in [1.82, 2.24) is 9.88 Å². The first-order valence-corrected chi connectivity index (χ1v) is 10.0. The SMILES string of the molecule is O=C1c2cccc(NS(=O)(=O)c3ccc(O)cc3)c2C(=O)N1Cc1cccnc1. The van der Waals surface area contributed by atoms with Crippen LogP contribution in [0.2, 0.25) is 0 Å². The molecule has 0 fully saturated rings. The fourth-order valence-electron chi connectivity index (χ4n) is 3.07. The maximum Gasteiger partial charge on any atom is 0.264 e. The Hall–Kier alpha value is -3.72. The number of nitrogens with zero attached hydrogens (tertiary/aromatic N) is 2. The topological polar surface area (TPSA) is 117 Å². The Balaban J connectivity index is 1.67. The number of aromatic nitrogens is 1. The van der Waals surface area contributed by atoms with Crippen molar-refractivity contribution in [2.75, 3.05) is 4.72 Å². The first-order chi connectivity index (χ1) is 13.9. The molecule has 4 rings (SSSR count). The van der Waals surface area contributed by atoms with E-state index in [2.05, 4.69) is 9.71 Å². The molecule has 0 radical (unpaired) electrons. The van der Waals surface area contributed by atoms with Gasteiger partial charge in [-0.05, 0) is 48.0 Å². The van der Waals surface area contributed by atoms with Crippen LogP contribution in [-0.2, 0) is 16.6 Å². The molecule has 0 unspecified atom stereocenters. The van der Waals surface area contributed by atoms with Crippen LogP contribution >= 0.6 is 0 Å². The summed E-state index contributed by atoms with van der Waals surface area (Å²) >= 11 is 0. The Morgan fingerprint density at radius 3 is 2.41 bits per heavy atom. The van der Waals surface area contributed by atoms with Gasteiger partial charge < -0.3 is 5.11 Å². The molecule has 0 atom stereocenters. The summed E-state index contributed by atoms with van der Waals surface area (Å²) in [6.45, 7) is 0.0321. The monoisotopic (exact) mass is 409 g/mol. The summed E-state index contributed by atoms with van der Waals surface area (Å²) in [5.41, 5.74) is 0.824. The van der Waals surface area contributed by atoms with E-state index in [1.54, 1.807) is 24.5 Å². The molecule has 9 heteroatoms. The number of benzene rings is 2. The second-order valence-electron chi connectivity index (χ2n) is 6.39. The zero-order valence-corrected chi connectivity index (χ0v) is 15.8. The minimum Gasteiger partial charge on any atom is -0.508 e. The number of phenols is 1. The third-order valence-electron chi connectivity index (χ3n) is 4.45. The van der Waals surface area contributed by atoms with Crippen LogP contribution < -0.4 is 4.72 Å². The van der Waals surface area contributed by atoms with Gasteiger partial charge in [0.1, 0.15) is 5.75 Å². The second-order valence-corrected chi connectivity index (χ2v) is 8.07. The lowest BCUT2D eigenvalue weighted by atomic mass is 10.1. The Kier molecular flexibility index (Phi) is 4.51. The van der Waals surface area contributed by atoms with E-state index in [1.807, 2.05) is 0 Å². The summed E-state index contributed by atoms with van der Waals surface area (Å²) in [7, 11) is -4.02. The molecule has 2 heterocycles. The van der Waals surface area contributed by atoms with Crippen LogP contribution in [0.25, 0.3) is 0 Å². The lowest BCUT2D eigenvalue weighted by molar-refractivity contribution is 0.0642. The molecule has 1 aromatic heterocycles. The number of sulfonamides is 1. The number of carbonyl (C=O) groups excluding carboxylic acids is 2. The quantitative estimate of drug-likeness (QED) is 0.625. The van der Waals surface area contributed by atoms with E-state index < -0.39 is 21.8 Å². The fraction of sp³-hybridized carbons (Fsp3) is 0.0500. The van der Waals surface area contributed by atoms with Crippen LogP contribution in [0.1, 0.15) is 26.3 Å². The number of carbonyl (C=O) groups is 2. The Morgan fingerprint density at radius 2 is 1.72 bits per heavy atom. The summed E-state index contributed by atoms with van der Waals surface area (Å²) in [6.07, 6.45) is 3.14. The number of anilines is 1. The van der Waals surface area contributed by atoms with E-state index in [9.17, 15) is 23.1 Å². The number of phenolic OH excluding ortho intramolecular Hbond substituents is 1. The van der Waals surface area contributed by atoms with Gasteiger partial charge in [0, 0.05) is 12.4 Å². The predicted molar refractivity (Wildman–Crippen MR) is 104 cm³/mol. The van der Waals surface area contributed by atoms with Crippen LogP contribution in [-0.4, -0.2) is 35.2 Å². The molecule has 1 aliphatic heterocycles. The van der Waals surface area contributed by atoms with E-state index in [0.717, 1.165) is 4.90 Å². The Bertz CT molecular complexity index is 1210. The summed E-state index contributed by atoms with van der Waals surface area (Å²) in [4.78, 5) is 30.6. The number of pyridine rings is 1. The highest BCUT2D eigenvalue weighted by molar-refractivity contribution is 7.92. The van der Waals surface area contributed by atoms with Crippen molar-refractivity contribution in [3.63, 3.8) is 0 Å². The smallest absolute Gasteiger partial charge is 0.264 e. The summed E-state index contributed by atoms with van der Waals surface area (Å²) < 4.78 is 27.7. The average Bonchev–Trinajstić information content (AvgIpc) is 2.95. The highest BCUT2D eigenvalue weighted by Crippen LogP contribution is 2.31. The third-order valence-corrected chi connectivity index (χ3v) is 5.84. The molecule has 2 amide bonds. The highest BCUT2D eigenvalue weighted by Gasteiger charge is 2.38. The maximum atomic E-state index is 12.9. The molecule has 2 aromatic carbocycles. The van der Waals surface area contributed by atoms with Crippen molar-refractivity contribution < 1.29 is 23.1 Å². The van der Waals surface area contributed by atoms with Gasteiger partial charge in [0.2, 0.25) is 0 Å². The zero-order valence-electron chi connectivity index (χ0n) is 14.9. The molecule has 146 valence electrons. The van der Waals surface area contributed by atoms with Crippen molar-refractivity contribution in [2.45, 2.75) is 11.4 Å². The summed E-state index contributed by atoms with van der Waals surface area (Å²) in [6, 6.07) is 12.8. The molecule has 2 N–H and O–H groups in total. The fourth-order valence-corrected chi connectivity index (χ4v) is 4.14. The first-order valence-electron chi connectivity index (χ1n) is 8.57. The third kappa shape index (κ3) is 3.43. The number of hydrogen-bond donors (Lipinski definition) is 2. The van der Waals surface area contributed by atoms with Crippen molar-refractivity contribution >= 4 is 27.5 Å². The van der Waals surface area contributed by atoms with Gasteiger partial charge in [-0.1, -0.05) is 12.1 Å². The number of hydrogen-bond acceptors (Lipinski definition) is 6. The molecular formula is C20H15N3O5S. The van der Waals surface area contributed by atoms with Crippen molar-refractivity contribution in [1.29, 1.82) is 0 Å². The number of imide groups is 1. The summed E-state index contributed by atoms with van der Waals surface area (Å²) in [5.74, 6) is -1.16. The van der Waals surface area contributed by atoms with Crippen molar-refractivity contribution in [2.24, 2.45) is 0 Å². The van der Waals surface area contributed by atoms with Gasteiger partial charge in [0.25, 0.3) is 21.8 Å². The molecule has 0 spiro atoms. The molecule has 3 aromatic rings. The van der Waals surface area contributed by atoms with Gasteiger partial charge in [-0.25, -0.2) is 8.42 Å².